The Kier molecular flexibility index (Phi) is 7.89. The van der Waals surface area contributed by atoms with E-state index in [4.69, 9.17) is 27.9 Å². The second kappa shape index (κ2) is 10.1. The van der Waals surface area contributed by atoms with E-state index in [1.165, 1.54) is 6.08 Å². The highest BCUT2D eigenvalue weighted by molar-refractivity contribution is 6.42. The zero-order chi connectivity index (χ0) is 19.8. The molecule has 0 spiro atoms. The Hall–Kier alpha value is -2.30. The first-order valence-electron chi connectivity index (χ1n) is 8.62. The van der Waals surface area contributed by atoms with Crippen LogP contribution in [0.4, 0.5) is 0 Å². The van der Waals surface area contributed by atoms with Crippen LogP contribution < -0.4 is 4.74 Å². The summed E-state index contributed by atoms with van der Waals surface area (Å²) in [7, 11) is 0. The molecule has 142 valence electrons. The van der Waals surface area contributed by atoms with E-state index < -0.39 is 0 Å². The molecule has 0 aromatic heterocycles. The van der Waals surface area contributed by atoms with Crippen LogP contribution in [0, 0.1) is 0 Å². The van der Waals surface area contributed by atoms with Gasteiger partial charge in [-0.1, -0.05) is 35.3 Å². The van der Waals surface area contributed by atoms with Crippen molar-refractivity contribution in [2.75, 3.05) is 19.7 Å². The van der Waals surface area contributed by atoms with Gasteiger partial charge in [0.2, 0.25) is 0 Å². The summed E-state index contributed by atoms with van der Waals surface area (Å²) >= 11 is 11.8. The molecule has 0 heterocycles. The van der Waals surface area contributed by atoms with E-state index in [-0.39, 0.29) is 18.3 Å². The summed E-state index contributed by atoms with van der Waals surface area (Å²) in [5.41, 5.74) is 1.31. The van der Waals surface area contributed by atoms with Crippen molar-refractivity contribution in [2.45, 2.75) is 13.8 Å². The second-order valence-electron chi connectivity index (χ2n) is 5.75. The van der Waals surface area contributed by atoms with Crippen LogP contribution >= 0.6 is 23.2 Å². The summed E-state index contributed by atoms with van der Waals surface area (Å²) < 4.78 is 5.49. The van der Waals surface area contributed by atoms with E-state index >= 15 is 0 Å². The third-order valence-electron chi connectivity index (χ3n) is 3.99. The minimum absolute atomic E-state index is 0.0216. The third kappa shape index (κ3) is 6.12. The number of carbonyl (C=O) groups excluding carboxylic acids is 2. The zero-order valence-corrected chi connectivity index (χ0v) is 16.8. The molecule has 27 heavy (non-hydrogen) atoms. The van der Waals surface area contributed by atoms with Gasteiger partial charge in [0, 0.05) is 18.7 Å². The van der Waals surface area contributed by atoms with Crippen molar-refractivity contribution in [3.8, 4) is 5.75 Å². The number of ketones is 1. The van der Waals surface area contributed by atoms with Crippen LogP contribution in [-0.4, -0.2) is 36.3 Å². The average molecular weight is 406 g/mol. The molecule has 0 aliphatic rings. The number of hydrogen-bond acceptors (Lipinski definition) is 3. The van der Waals surface area contributed by atoms with Crippen molar-refractivity contribution in [3.05, 3.63) is 69.7 Å². The molecule has 2 aromatic carbocycles. The van der Waals surface area contributed by atoms with Crippen molar-refractivity contribution < 1.29 is 14.3 Å². The molecule has 6 heteroatoms. The SMILES string of the molecule is CCN(CC)C(=O)COc1ccc(C(=O)/C=C/c2ccc(Cl)c(Cl)c2)cc1. The van der Waals surface area contributed by atoms with Gasteiger partial charge < -0.3 is 9.64 Å². The van der Waals surface area contributed by atoms with Crippen molar-refractivity contribution in [2.24, 2.45) is 0 Å². The number of carbonyl (C=O) groups is 2. The maximum Gasteiger partial charge on any atom is 0.260 e. The van der Waals surface area contributed by atoms with E-state index in [1.807, 2.05) is 13.8 Å². The Morgan fingerprint density at radius 1 is 1.00 bits per heavy atom. The first kappa shape index (κ1) is 21.0. The number of halogens is 2. The summed E-state index contributed by atoms with van der Waals surface area (Å²) in [5.74, 6) is 0.331. The van der Waals surface area contributed by atoms with Crippen LogP contribution in [0.2, 0.25) is 10.0 Å². The summed E-state index contributed by atoms with van der Waals surface area (Å²) in [6, 6.07) is 11.8. The largest absolute Gasteiger partial charge is 0.484 e. The molecule has 4 nitrogen and oxygen atoms in total. The van der Waals surface area contributed by atoms with Crippen LogP contribution in [0.15, 0.2) is 48.5 Å². The highest BCUT2D eigenvalue weighted by Crippen LogP contribution is 2.23. The van der Waals surface area contributed by atoms with Gasteiger partial charge in [-0.15, -0.1) is 0 Å². The van der Waals surface area contributed by atoms with Gasteiger partial charge >= 0.3 is 0 Å². The Labute approximate surface area is 169 Å². The molecule has 0 N–H and O–H groups in total. The lowest BCUT2D eigenvalue weighted by atomic mass is 10.1. The number of hydrogen-bond donors (Lipinski definition) is 0. The predicted molar refractivity (Wildman–Crippen MR) is 110 cm³/mol. The highest BCUT2D eigenvalue weighted by Gasteiger charge is 2.10. The Bertz CT molecular complexity index is 828. The van der Waals surface area contributed by atoms with E-state index in [0.717, 1.165) is 5.56 Å². The van der Waals surface area contributed by atoms with Crippen LogP contribution in [0.5, 0.6) is 5.75 Å². The van der Waals surface area contributed by atoms with Gasteiger partial charge in [0.25, 0.3) is 5.91 Å². The lowest BCUT2D eigenvalue weighted by Crippen LogP contribution is -2.34. The average Bonchev–Trinajstić information content (AvgIpc) is 2.68. The normalized spacial score (nSPS) is 10.8. The summed E-state index contributed by atoms with van der Waals surface area (Å²) in [6.45, 7) is 5.13. The minimum Gasteiger partial charge on any atom is -0.484 e. The molecular weight excluding hydrogens is 385 g/mol. The van der Waals surface area contributed by atoms with Crippen LogP contribution in [0.25, 0.3) is 6.08 Å². The minimum atomic E-state index is -0.146. The molecule has 0 aliphatic heterocycles. The predicted octanol–water partition coefficient (Wildman–Crippen LogP) is 5.14. The smallest absolute Gasteiger partial charge is 0.260 e. The Morgan fingerprint density at radius 2 is 1.67 bits per heavy atom. The van der Waals surface area contributed by atoms with E-state index in [2.05, 4.69) is 0 Å². The molecule has 0 saturated carbocycles. The Morgan fingerprint density at radius 3 is 2.26 bits per heavy atom. The van der Waals surface area contributed by atoms with Gasteiger partial charge in [-0.3, -0.25) is 9.59 Å². The standard InChI is InChI=1S/C21H21Cl2NO3/c1-3-24(4-2)21(26)14-27-17-9-7-16(8-10-17)20(25)12-6-15-5-11-18(22)19(23)13-15/h5-13H,3-4,14H2,1-2H3/b12-6+. The topological polar surface area (TPSA) is 46.6 Å². The van der Waals surface area contributed by atoms with Crippen molar-refractivity contribution in [3.63, 3.8) is 0 Å². The summed E-state index contributed by atoms with van der Waals surface area (Å²) in [6.07, 6.45) is 3.15. The number of rotatable bonds is 8. The first-order valence-corrected chi connectivity index (χ1v) is 9.38. The van der Waals surface area contributed by atoms with E-state index in [1.54, 1.807) is 53.4 Å². The lowest BCUT2D eigenvalue weighted by molar-refractivity contribution is -0.132. The van der Waals surface area contributed by atoms with E-state index in [9.17, 15) is 9.59 Å². The summed E-state index contributed by atoms with van der Waals surface area (Å²) in [5, 5.41) is 0.905. The summed E-state index contributed by atoms with van der Waals surface area (Å²) in [4.78, 5) is 25.9. The molecular formula is C21H21Cl2NO3. The van der Waals surface area contributed by atoms with Gasteiger partial charge in [-0.05, 0) is 61.9 Å². The molecule has 0 aliphatic carbocycles. The molecule has 0 saturated heterocycles. The number of likely N-dealkylation sites (N-methyl/N-ethyl adjacent to an activating group) is 1. The van der Waals surface area contributed by atoms with Crippen molar-refractivity contribution >= 4 is 41.0 Å². The van der Waals surface area contributed by atoms with Gasteiger partial charge in [0.05, 0.1) is 10.0 Å². The maximum atomic E-state index is 12.3. The second-order valence-corrected chi connectivity index (χ2v) is 6.56. The molecule has 2 rings (SSSR count). The number of amides is 1. The van der Waals surface area contributed by atoms with Crippen LogP contribution in [0.3, 0.4) is 0 Å². The molecule has 0 bridgehead atoms. The van der Waals surface area contributed by atoms with Gasteiger partial charge in [-0.2, -0.15) is 0 Å². The number of benzene rings is 2. The van der Waals surface area contributed by atoms with E-state index in [0.29, 0.717) is 34.4 Å². The van der Waals surface area contributed by atoms with Crippen LogP contribution in [-0.2, 0) is 4.79 Å². The molecule has 0 atom stereocenters. The fourth-order valence-corrected chi connectivity index (χ4v) is 2.72. The third-order valence-corrected chi connectivity index (χ3v) is 4.73. The van der Waals surface area contributed by atoms with Gasteiger partial charge in [-0.25, -0.2) is 0 Å². The Balaban J connectivity index is 1.95. The van der Waals surface area contributed by atoms with Gasteiger partial charge in [0.15, 0.2) is 12.4 Å². The number of ether oxygens (including phenoxy) is 1. The fourth-order valence-electron chi connectivity index (χ4n) is 2.41. The van der Waals surface area contributed by atoms with Crippen molar-refractivity contribution in [1.29, 1.82) is 0 Å². The quantitative estimate of drug-likeness (QED) is 0.451. The lowest BCUT2D eigenvalue weighted by Gasteiger charge is -2.18. The molecule has 2 aromatic rings. The van der Waals surface area contributed by atoms with Gasteiger partial charge in [0.1, 0.15) is 5.75 Å². The molecule has 0 unspecified atom stereocenters. The monoisotopic (exact) mass is 405 g/mol. The van der Waals surface area contributed by atoms with Crippen molar-refractivity contribution in [1.82, 2.24) is 4.90 Å². The number of allylic oxidation sites excluding steroid dienone is 1. The molecule has 0 radical (unpaired) electrons. The molecule has 0 fully saturated rings. The number of nitrogens with zero attached hydrogens (tertiary/aromatic N) is 1. The molecule has 1 amide bonds. The highest BCUT2D eigenvalue weighted by atomic mass is 35.5. The zero-order valence-electron chi connectivity index (χ0n) is 15.2. The first-order chi connectivity index (χ1) is 12.9. The fraction of sp³-hybridized carbons (Fsp3) is 0.238. The van der Waals surface area contributed by atoms with Crippen LogP contribution in [0.1, 0.15) is 29.8 Å². The maximum absolute atomic E-state index is 12.3.